The van der Waals surface area contributed by atoms with Crippen LogP contribution in [0.25, 0.3) is 0 Å². The summed E-state index contributed by atoms with van der Waals surface area (Å²) in [4.78, 5) is 2.13. The summed E-state index contributed by atoms with van der Waals surface area (Å²) in [7, 11) is 1.65. The molecule has 3 aromatic carbocycles. The molecule has 0 heterocycles. The van der Waals surface area contributed by atoms with Crippen LogP contribution in [0.3, 0.4) is 0 Å². The lowest BCUT2D eigenvalue weighted by molar-refractivity contribution is 0.0995. The van der Waals surface area contributed by atoms with E-state index in [1.165, 1.54) is 0 Å². The van der Waals surface area contributed by atoms with Crippen LogP contribution in [0.5, 0.6) is 11.5 Å². The van der Waals surface area contributed by atoms with Crippen LogP contribution in [-0.4, -0.2) is 31.3 Å². The maximum atomic E-state index is 14.0. The van der Waals surface area contributed by atoms with E-state index in [1.54, 1.807) is 7.11 Å². The summed E-state index contributed by atoms with van der Waals surface area (Å²) in [5.41, 5.74) is 2.25. The molecule has 28 heavy (non-hydrogen) atoms. The predicted octanol–water partition coefficient (Wildman–Crippen LogP) is 5.11. The summed E-state index contributed by atoms with van der Waals surface area (Å²) in [5, 5.41) is 0. The first-order valence-corrected chi connectivity index (χ1v) is 9.43. The standard InChI is InChI=1S/C24H26FNO2/c1-27-23-14-12-21(13-15-23)18-26(17-20-8-4-2-5-9-20)22(16-25)19-28-24-10-6-3-7-11-24/h2-15,22H,16-19H2,1H3. The molecule has 0 aromatic heterocycles. The molecule has 3 nitrogen and oxygen atoms in total. The van der Waals surface area contributed by atoms with Crippen molar-refractivity contribution in [2.24, 2.45) is 0 Å². The Hall–Kier alpha value is -2.85. The zero-order chi connectivity index (χ0) is 19.6. The Morgan fingerprint density at radius 2 is 1.32 bits per heavy atom. The topological polar surface area (TPSA) is 21.7 Å². The van der Waals surface area contributed by atoms with Crippen molar-refractivity contribution in [3.8, 4) is 11.5 Å². The zero-order valence-electron chi connectivity index (χ0n) is 16.1. The second kappa shape index (κ2) is 10.5. The first-order valence-electron chi connectivity index (χ1n) is 9.43. The molecule has 1 atom stereocenters. The van der Waals surface area contributed by atoms with Crippen LogP contribution in [0, 0.1) is 0 Å². The monoisotopic (exact) mass is 379 g/mol. The summed E-state index contributed by atoms with van der Waals surface area (Å²) in [5.74, 6) is 1.57. The molecule has 0 saturated heterocycles. The molecule has 0 aliphatic carbocycles. The molecule has 1 unspecified atom stereocenters. The normalized spacial score (nSPS) is 12.0. The Morgan fingerprint density at radius 3 is 1.89 bits per heavy atom. The lowest BCUT2D eigenvalue weighted by Crippen LogP contribution is -2.40. The molecule has 3 rings (SSSR count). The second-order valence-corrected chi connectivity index (χ2v) is 6.67. The van der Waals surface area contributed by atoms with Crippen LogP contribution < -0.4 is 9.47 Å². The fourth-order valence-electron chi connectivity index (χ4n) is 3.05. The molecule has 0 radical (unpaired) electrons. The van der Waals surface area contributed by atoms with Gasteiger partial charge in [0.15, 0.2) is 0 Å². The Labute approximate surface area is 166 Å². The number of benzene rings is 3. The first kappa shape index (κ1) is 19.9. The smallest absolute Gasteiger partial charge is 0.119 e. The maximum absolute atomic E-state index is 14.0. The Morgan fingerprint density at radius 1 is 0.750 bits per heavy atom. The molecule has 0 fully saturated rings. The van der Waals surface area contributed by atoms with Crippen molar-refractivity contribution >= 4 is 0 Å². The summed E-state index contributed by atoms with van der Waals surface area (Å²) in [6, 6.07) is 27.2. The highest BCUT2D eigenvalue weighted by molar-refractivity contribution is 5.27. The van der Waals surface area contributed by atoms with E-state index in [2.05, 4.69) is 17.0 Å². The minimum Gasteiger partial charge on any atom is -0.497 e. The van der Waals surface area contributed by atoms with Crippen LogP contribution >= 0.6 is 0 Å². The minimum absolute atomic E-state index is 0.295. The Bertz CT molecular complexity index is 809. The van der Waals surface area contributed by atoms with Crippen molar-refractivity contribution in [3.63, 3.8) is 0 Å². The van der Waals surface area contributed by atoms with E-state index in [-0.39, 0.29) is 6.04 Å². The third-order valence-corrected chi connectivity index (χ3v) is 4.65. The van der Waals surface area contributed by atoms with Crippen LogP contribution in [0.4, 0.5) is 4.39 Å². The van der Waals surface area contributed by atoms with Gasteiger partial charge in [0.25, 0.3) is 0 Å². The van der Waals surface area contributed by atoms with Gasteiger partial charge in [-0.2, -0.15) is 0 Å². The van der Waals surface area contributed by atoms with Crippen LogP contribution in [0.2, 0.25) is 0 Å². The van der Waals surface area contributed by atoms with Gasteiger partial charge >= 0.3 is 0 Å². The highest BCUT2D eigenvalue weighted by Crippen LogP contribution is 2.18. The van der Waals surface area contributed by atoms with E-state index in [9.17, 15) is 4.39 Å². The number of para-hydroxylation sites is 1. The van der Waals surface area contributed by atoms with Gasteiger partial charge in [-0.25, -0.2) is 4.39 Å². The number of methoxy groups -OCH3 is 1. The summed E-state index contributed by atoms with van der Waals surface area (Å²) < 4.78 is 25.1. The predicted molar refractivity (Wildman–Crippen MR) is 110 cm³/mol. The highest BCUT2D eigenvalue weighted by atomic mass is 19.1. The van der Waals surface area contributed by atoms with E-state index in [1.807, 2.05) is 72.8 Å². The largest absolute Gasteiger partial charge is 0.497 e. The van der Waals surface area contributed by atoms with Crippen molar-refractivity contribution in [2.45, 2.75) is 19.1 Å². The molecule has 0 aliphatic rings. The molecule has 0 spiro atoms. The van der Waals surface area contributed by atoms with Gasteiger partial charge in [0, 0.05) is 13.1 Å². The highest BCUT2D eigenvalue weighted by Gasteiger charge is 2.20. The fraction of sp³-hybridized carbons (Fsp3) is 0.250. The third-order valence-electron chi connectivity index (χ3n) is 4.65. The van der Waals surface area contributed by atoms with Crippen LogP contribution in [0.1, 0.15) is 11.1 Å². The molecule has 0 amide bonds. The van der Waals surface area contributed by atoms with Crippen molar-refractivity contribution < 1.29 is 13.9 Å². The van der Waals surface area contributed by atoms with E-state index in [4.69, 9.17) is 9.47 Å². The Balaban J connectivity index is 1.74. The number of rotatable bonds is 10. The molecule has 3 aromatic rings. The lowest BCUT2D eigenvalue weighted by atomic mass is 10.1. The maximum Gasteiger partial charge on any atom is 0.119 e. The van der Waals surface area contributed by atoms with Crippen LogP contribution in [-0.2, 0) is 13.1 Å². The van der Waals surface area contributed by atoms with Crippen LogP contribution in [0.15, 0.2) is 84.9 Å². The van der Waals surface area contributed by atoms with E-state index < -0.39 is 6.67 Å². The number of halogens is 1. The van der Waals surface area contributed by atoms with E-state index >= 15 is 0 Å². The summed E-state index contributed by atoms with van der Waals surface area (Å²) in [6.45, 7) is 1.10. The minimum atomic E-state index is -0.476. The van der Waals surface area contributed by atoms with Gasteiger partial charge in [0.2, 0.25) is 0 Å². The van der Waals surface area contributed by atoms with Gasteiger partial charge < -0.3 is 9.47 Å². The summed E-state index contributed by atoms with van der Waals surface area (Å²) in [6.07, 6.45) is 0. The van der Waals surface area contributed by atoms with Crippen molar-refractivity contribution in [1.82, 2.24) is 4.90 Å². The van der Waals surface area contributed by atoms with E-state index in [0.717, 1.165) is 22.6 Å². The lowest BCUT2D eigenvalue weighted by Gasteiger charge is -2.30. The number of hydrogen-bond acceptors (Lipinski definition) is 3. The molecule has 4 heteroatoms. The SMILES string of the molecule is COc1ccc(CN(Cc2ccccc2)C(CF)COc2ccccc2)cc1. The van der Waals surface area contributed by atoms with Gasteiger partial charge in [0.1, 0.15) is 24.8 Å². The van der Waals surface area contributed by atoms with Crippen molar-refractivity contribution in [2.75, 3.05) is 20.4 Å². The average molecular weight is 379 g/mol. The fourth-order valence-corrected chi connectivity index (χ4v) is 3.05. The van der Waals surface area contributed by atoms with Gasteiger partial charge in [-0.1, -0.05) is 60.7 Å². The number of hydrogen-bond donors (Lipinski definition) is 0. The second-order valence-electron chi connectivity index (χ2n) is 6.67. The van der Waals surface area contributed by atoms with Gasteiger partial charge in [-0.15, -0.1) is 0 Å². The zero-order valence-corrected chi connectivity index (χ0v) is 16.1. The molecule has 146 valence electrons. The number of alkyl halides is 1. The number of nitrogens with zero attached hydrogens (tertiary/aromatic N) is 1. The Kier molecular flexibility index (Phi) is 7.44. The molecular weight excluding hydrogens is 353 g/mol. The third kappa shape index (κ3) is 5.83. The number of ether oxygens (including phenoxy) is 2. The van der Waals surface area contributed by atoms with Crippen molar-refractivity contribution in [3.05, 3.63) is 96.1 Å². The van der Waals surface area contributed by atoms with Gasteiger partial charge in [0.05, 0.1) is 13.2 Å². The summed E-state index contributed by atoms with van der Waals surface area (Å²) >= 11 is 0. The molecule has 0 saturated carbocycles. The average Bonchev–Trinajstić information content (AvgIpc) is 2.76. The first-order chi connectivity index (χ1) is 13.8. The molecule has 0 bridgehead atoms. The quantitative estimate of drug-likeness (QED) is 0.488. The molecular formula is C24H26FNO2. The molecule has 0 aliphatic heterocycles. The van der Waals surface area contributed by atoms with Gasteiger partial charge in [-0.05, 0) is 35.4 Å². The van der Waals surface area contributed by atoms with Gasteiger partial charge in [-0.3, -0.25) is 4.90 Å². The van der Waals surface area contributed by atoms with E-state index in [0.29, 0.717) is 19.7 Å². The molecule has 0 N–H and O–H groups in total. The van der Waals surface area contributed by atoms with Crippen molar-refractivity contribution in [1.29, 1.82) is 0 Å².